The smallest absolute Gasteiger partial charge is 0.163 e. The molecule has 0 saturated carbocycles. The van der Waals surface area contributed by atoms with E-state index in [1.807, 2.05) is 20.0 Å². The van der Waals surface area contributed by atoms with Gasteiger partial charge in [-0.2, -0.15) is 0 Å². The van der Waals surface area contributed by atoms with Crippen LogP contribution in [-0.2, 0) is 0 Å². The van der Waals surface area contributed by atoms with E-state index in [0.717, 1.165) is 16.1 Å². The SMILES string of the molecule is Bc1ccc(Br)c(/C(N)=C/c2cc(F)cc(F)c2)n1. The van der Waals surface area contributed by atoms with E-state index >= 15 is 0 Å². The number of pyridine rings is 1. The van der Waals surface area contributed by atoms with Crippen molar-refractivity contribution < 1.29 is 8.78 Å². The summed E-state index contributed by atoms with van der Waals surface area (Å²) in [6.45, 7) is 0. The molecule has 0 saturated heterocycles. The molecule has 2 rings (SSSR count). The van der Waals surface area contributed by atoms with E-state index in [-0.39, 0.29) is 0 Å². The molecular weight excluding hydrogens is 313 g/mol. The van der Waals surface area contributed by atoms with Gasteiger partial charge in [-0.05, 0) is 57.4 Å². The van der Waals surface area contributed by atoms with Gasteiger partial charge in [0.1, 0.15) is 11.6 Å². The molecule has 1 heterocycles. The minimum atomic E-state index is -0.643. The van der Waals surface area contributed by atoms with E-state index in [2.05, 4.69) is 20.9 Å². The highest BCUT2D eigenvalue weighted by molar-refractivity contribution is 9.10. The fraction of sp³-hybridized carbons (Fsp3) is 0. The molecule has 0 radical (unpaired) electrons. The number of nitrogens with zero attached hydrogens (tertiary/aromatic N) is 1. The predicted molar refractivity (Wildman–Crippen MR) is 78.5 cm³/mol. The highest BCUT2D eigenvalue weighted by Crippen LogP contribution is 2.20. The maximum Gasteiger partial charge on any atom is 0.163 e. The summed E-state index contributed by atoms with van der Waals surface area (Å²) in [7, 11) is 1.84. The maximum atomic E-state index is 13.1. The van der Waals surface area contributed by atoms with Crippen molar-refractivity contribution in [3.63, 3.8) is 0 Å². The lowest BCUT2D eigenvalue weighted by molar-refractivity contribution is 0.583. The quantitative estimate of drug-likeness (QED) is 0.857. The molecule has 1 aromatic carbocycles. The largest absolute Gasteiger partial charge is 0.397 e. The Labute approximate surface area is 118 Å². The molecule has 1 aromatic heterocycles. The van der Waals surface area contributed by atoms with E-state index in [4.69, 9.17) is 5.73 Å². The van der Waals surface area contributed by atoms with Crippen molar-refractivity contribution in [1.82, 2.24) is 4.98 Å². The second-order valence-electron chi connectivity index (χ2n) is 4.09. The lowest BCUT2D eigenvalue weighted by Gasteiger charge is -2.06. The van der Waals surface area contributed by atoms with E-state index in [9.17, 15) is 8.78 Å². The van der Waals surface area contributed by atoms with Crippen LogP contribution in [0.1, 0.15) is 11.3 Å². The molecular formula is C13H10BBrF2N2. The Balaban J connectivity index is 2.45. The van der Waals surface area contributed by atoms with E-state index in [1.54, 1.807) is 0 Å². The second kappa shape index (κ2) is 5.53. The second-order valence-corrected chi connectivity index (χ2v) is 4.94. The molecule has 0 bridgehead atoms. The lowest BCUT2D eigenvalue weighted by atomic mass is 10.0. The fourth-order valence-corrected chi connectivity index (χ4v) is 2.10. The summed E-state index contributed by atoms with van der Waals surface area (Å²) in [6.07, 6.45) is 1.48. The standard InChI is InChI=1S/C13H10BBrF2N2/c14-12-2-1-10(15)13(19-12)11(18)5-7-3-8(16)6-9(17)4-7/h1-6H,14,18H2/b11-5-. The van der Waals surface area contributed by atoms with E-state index in [1.165, 1.54) is 18.2 Å². The van der Waals surface area contributed by atoms with Gasteiger partial charge in [-0.3, -0.25) is 4.98 Å². The van der Waals surface area contributed by atoms with Crippen molar-refractivity contribution in [2.45, 2.75) is 0 Å². The Morgan fingerprint density at radius 2 is 1.84 bits per heavy atom. The van der Waals surface area contributed by atoms with Gasteiger partial charge in [-0.15, -0.1) is 0 Å². The molecule has 6 heteroatoms. The molecule has 0 unspecified atom stereocenters. The van der Waals surface area contributed by atoms with Crippen LogP contribution in [0.2, 0.25) is 0 Å². The first-order chi connectivity index (χ1) is 8.95. The number of hydrogen-bond donors (Lipinski definition) is 1. The summed E-state index contributed by atoms with van der Waals surface area (Å²) in [5.74, 6) is -1.29. The Kier molecular flexibility index (Phi) is 4.00. The summed E-state index contributed by atoms with van der Waals surface area (Å²) in [5, 5.41) is 0. The molecule has 2 nitrogen and oxygen atoms in total. The van der Waals surface area contributed by atoms with Crippen LogP contribution in [0.25, 0.3) is 11.8 Å². The van der Waals surface area contributed by atoms with Gasteiger partial charge in [-0.1, -0.05) is 0 Å². The lowest BCUT2D eigenvalue weighted by Crippen LogP contribution is -2.12. The van der Waals surface area contributed by atoms with Crippen LogP contribution in [0.15, 0.2) is 34.8 Å². The van der Waals surface area contributed by atoms with Crippen LogP contribution in [0.5, 0.6) is 0 Å². The Bertz CT molecular complexity index is 639. The molecule has 0 spiro atoms. The van der Waals surface area contributed by atoms with Crippen molar-refractivity contribution in [3.05, 3.63) is 57.7 Å². The van der Waals surface area contributed by atoms with Gasteiger partial charge in [0.2, 0.25) is 0 Å². The Hall–Kier alpha value is -1.69. The van der Waals surface area contributed by atoms with Crippen molar-refractivity contribution in [1.29, 1.82) is 0 Å². The van der Waals surface area contributed by atoms with Gasteiger partial charge in [0.25, 0.3) is 0 Å². The van der Waals surface area contributed by atoms with Crippen LogP contribution < -0.4 is 11.3 Å². The Morgan fingerprint density at radius 1 is 1.21 bits per heavy atom. The van der Waals surface area contributed by atoms with E-state index in [0.29, 0.717) is 17.0 Å². The summed E-state index contributed by atoms with van der Waals surface area (Å²) in [5.41, 5.74) is 7.96. The summed E-state index contributed by atoms with van der Waals surface area (Å²) < 4.78 is 26.9. The number of nitrogens with two attached hydrogens (primary N) is 1. The molecule has 0 amide bonds. The molecule has 2 N–H and O–H groups in total. The third kappa shape index (κ3) is 3.41. The van der Waals surface area contributed by atoms with Gasteiger partial charge < -0.3 is 5.73 Å². The summed E-state index contributed by atoms with van der Waals surface area (Å²) in [4.78, 5) is 4.29. The summed E-state index contributed by atoms with van der Waals surface area (Å²) in [6, 6.07) is 6.89. The molecule has 96 valence electrons. The predicted octanol–water partition coefficient (Wildman–Crippen LogP) is 1.84. The summed E-state index contributed by atoms with van der Waals surface area (Å²) >= 11 is 3.34. The van der Waals surface area contributed by atoms with Crippen molar-refractivity contribution in [3.8, 4) is 0 Å². The van der Waals surface area contributed by atoms with Gasteiger partial charge in [0, 0.05) is 10.5 Å². The molecule has 0 fully saturated rings. The normalized spacial score (nSPS) is 11.6. The van der Waals surface area contributed by atoms with Gasteiger partial charge >= 0.3 is 0 Å². The topological polar surface area (TPSA) is 38.9 Å². The third-order valence-electron chi connectivity index (χ3n) is 2.47. The number of benzene rings is 1. The fourth-order valence-electron chi connectivity index (χ4n) is 1.65. The molecule has 0 aliphatic rings. The number of halogens is 3. The van der Waals surface area contributed by atoms with Crippen LogP contribution in [0.3, 0.4) is 0 Å². The minimum Gasteiger partial charge on any atom is -0.397 e. The first-order valence-electron chi connectivity index (χ1n) is 5.52. The van der Waals surface area contributed by atoms with Gasteiger partial charge in [-0.25, -0.2) is 8.78 Å². The average molecular weight is 323 g/mol. The Morgan fingerprint density at radius 3 is 2.47 bits per heavy atom. The molecule has 2 aromatic rings. The van der Waals surface area contributed by atoms with Gasteiger partial charge in [0.15, 0.2) is 7.85 Å². The number of rotatable bonds is 2. The van der Waals surface area contributed by atoms with E-state index < -0.39 is 11.6 Å². The van der Waals surface area contributed by atoms with Crippen molar-refractivity contribution in [2.75, 3.05) is 0 Å². The highest BCUT2D eigenvalue weighted by Gasteiger charge is 2.06. The van der Waals surface area contributed by atoms with Crippen LogP contribution in [0.4, 0.5) is 8.78 Å². The molecule has 0 aliphatic carbocycles. The van der Waals surface area contributed by atoms with Crippen molar-refractivity contribution in [2.24, 2.45) is 5.73 Å². The van der Waals surface area contributed by atoms with Crippen LogP contribution >= 0.6 is 15.9 Å². The molecule has 19 heavy (non-hydrogen) atoms. The van der Waals surface area contributed by atoms with Crippen molar-refractivity contribution >= 4 is 41.1 Å². The first-order valence-corrected chi connectivity index (χ1v) is 6.32. The zero-order valence-electron chi connectivity index (χ0n) is 10.1. The average Bonchev–Trinajstić information content (AvgIpc) is 2.30. The van der Waals surface area contributed by atoms with Gasteiger partial charge in [0.05, 0.1) is 11.4 Å². The molecule has 0 atom stereocenters. The van der Waals surface area contributed by atoms with Crippen LogP contribution in [0, 0.1) is 11.6 Å². The maximum absolute atomic E-state index is 13.1. The molecule has 0 aliphatic heterocycles. The van der Waals surface area contributed by atoms with Crippen LogP contribution in [-0.4, -0.2) is 12.8 Å². The zero-order chi connectivity index (χ0) is 14.0. The third-order valence-corrected chi connectivity index (χ3v) is 3.11. The zero-order valence-corrected chi connectivity index (χ0v) is 11.7. The number of hydrogen-bond acceptors (Lipinski definition) is 2. The number of aromatic nitrogens is 1. The highest BCUT2D eigenvalue weighted by atomic mass is 79.9. The minimum absolute atomic E-state index is 0.334. The monoisotopic (exact) mass is 322 g/mol. The first kappa shape index (κ1) is 13.7.